The van der Waals surface area contributed by atoms with Crippen LogP contribution in [0.1, 0.15) is 52.4 Å². The van der Waals surface area contributed by atoms with Gasteiger partial charge in [0.2, 0.25) is 17.7 Å². The Morgan fingerprint density at radius 3 is 2.39 bits per heavy atom. The minimum Gasteiger partial charge on any atom is -0.480 e. The van der Waals surface area contributed by atoms with Gasteiger partial charge in [-0.2, -0.15) is 0 Å². The molecule has 11 heteroatoms. The number of carboxylic acid groups (broad SMARTS) is 1. The zero-order chi connectivity index (χ0) is 23.6. The van der Waals surface area contributed by atoms with Crippen LogP contribution in [0.5, 0.6) is 0 Å². The fourth-order valence-electron chi connectivity index (χ4n) is 3.52. The van der Waals surface area contributed by atoms with E-state index in [0.29, 0.717) is 45.2 Å². The largest absolute Gasteiger partial charge is 0.480 e. The Hall–Kier alpha value is -2.24. The third-order valence-corrected chi connectivity index (χ3v) is 5.72. The molecule has 0 spiro atoms. The van der Waals surface area contributed by atoms with Crippen LogP contribution in [0, 0.1) is 5.92 Å². The van der Waals surface area contributed by atoms with E-state index in [9.17, 15) is 29.4 Å². The standard InChI is InChI=1S/C20H37N5O6/c1-3-12(2)16(19(29)25-10-6-8-15(25)20(30)31)24-18(28)14(11-26)23-17(27)13(22)7-4-5-9-21/h12-16,26H,3-11,21-22H2,1-2H3,(H,23,27)(H,24,28)(H,30,31). The van der Waals surface area contributed by atoms with Crippen molar-refractivity contribution in [3.05, 3.63) is 0 Å². The number of carbonyl (C=O) groups is 4. The fourth-order valence-corrected chi connectivity index (χ4v) is 3.52. The first-order valence-electron chi connectivity index (χ1n) is 10.9. The van der Waals surface area contributed by atoms with Crippen molar-refractivity contribution in [2.45, 2.75) is 76.5 Å². The van der Waals surface area contributed by atoms with Crippen LogP contribution in [-0.4, -0.2) is 82.7 Å². The summed E-state index contributed by atoms with van der Waals surface area (Å²) in [6.45, 7) is 3.74. The molecule has 1 fully saturated rings. The van der Waals surface area contributed by atoms with Gasteiger partial charge in [-0.1, -0.05) is 26.7 Å². The Kier molecular flexibility index (Phi) is 11.4. The number of rotatable bonds is 13. The number of aliphatic hydroxyl groups is 1. The summed E-state index contributed by atoms with van der Waals surface area (Å²) in [7, 11) is 0. The summed E-state index contributed by atoms with van der Waals surface area (Å²) in [5.74, 6) is -3.14. The summed E-state index contributed by atoms with van der Waals surface area (Å²) in [6.07, 6.45) is 3.26. The molecule has 1 aliphatic rings. The van der Waals surface area contributed by atoms with Crippen LogP contribution in [0.3, 0.4) is 0 Å². The molecule has 0 aromatic carbocycles. The SMILES string of the molecule is CCC(C)C(NC(=O)C(CO)NC(=O)C(N)CCCCN)C(=O)N1CCCC1C(=O)O. The lowest BCUT2D eigenvalue weighted by Crippen LogP contribution is -2.59. The number of amides is 3. The van der Waals surface area contributed by atoms with E-state index in [2.05, 4.69) is 10.6 Å². The average molecular weight is 444 g/mol. The fraction of sp³-hybridized carbons (Fsp3) is 0.800. The van der Waals surface area contributed by atoms with Gasteiger partial charge in [0.15, 0.2) is 0 Å². The smallest absolute Gasteiger partial charge is 0.326 e. The maximum atomic E-state index is 13.1. The molecular weight excluding hydrogens is 406 g/mol. The number of aliphatic carboxylic acids is 1. The van der Waals surface area contributed by atoms with E-state index in [1.807, 2.05) is 6.92 Å². The molecule has 5 unspecified atom stereocenters. The van der Waals surface area contributed by atoms with Gasteiger partial charge in [-0.15, -0.1) is 0 Å². The number of carboxylic acids is 1. The molecule has 5 atom stereocenters. The van der Waals surface area contributed by atoms with Gasteiger partial charge >= 0.3 is 5.97 Å². The second-order valence-corrected chi connectivity index (χ2v) is 8.03. The second-order valence-electron chi connectivity index (χ2n) is 8.03. The first-order chi connectivity index (χ1) is 14.7. The highest BCUT2D eigenvalue weighted by Crippen LogP contribution is 2.21. The molecule has 3 amide bonds. The van der Waals surface area contributed by atoms with Crippen LogP contribution >= 0.6 is 0 Å². The number of hydrogen-bond acceptors (Lipinski definition) is 7. The quantitative estimate of drug-likeness (QED) is 0.186. The summed E-state index contributed by atoms with van der Waals surface area (Å²) < 4.78 is 0. The number of unbranched alkanes of at least 4 members (excludes halogenated alkanes) is 1. The Bertz CT molecular complexity index is 631. The molecule has 0 bridgehead atoms. The molecule has 1 saturated heterocycles. The van der Waals surface area contributed by atoms with Crippen molar-refractivity contribution in [1.29, 1.82) is 0 Å². The molecule has 31 heavy (non-hydrogen) atoms. The number of aliphatic hydroxyl groups excluding tert-OH is 1. The van der Waals surface area contributed by atoms with Gasteiger partial charge in [-0.05, 0) is 38.1 Å². The van der Waals surface area contributed by atoms with Gasteiger partial charge in [0.25, 0.3) is 0 Å². The van der Waals surface area contributed by atoms with Crippen molar-refractivity contribution >= 4 is 23.7 Å². The maximum Gasteiger partial charge on any atom is 0.326 e. The van der Waals surface area contributed by atoms with Crippen molar-refractivity contribution in [2.75, 3.05) is 19.7 Å². The van der Waals surface area contributed by atoms with E-state index >= 15 is 0 Å². The van der Waals surface area contributed by atoms with Crippen LogP contribution in [0.2, 0.25) is 0 Å². The summed E-state index contributed by atoms with van der Waals surface area (Å²) in [4.78, 5) is 50.8. The molecule has 1 rings (SSSR count). The van der Waals surface area contributed by atoms with Gasteiger partial charge in [-0.3, -0.25) is 14.4 Å². The predicted molar refractivity (Wildman–Crippen MR) is 114 cm³/mol. The lowest BCUT2D eigenvalue weighted by molar-refractivity contribution is -0.150. The summed E-state index contributed by atoms with van der Waals surface area (Å²) in [6, 6.07) is -4.01. The summed E-state index contributed by atoms with van der Waals surface area (Å²) >= 11 is 0. The molecule has 0 aliphatic carbocycles. The number of likely N-dealkylation sites (tertiary alicyclic amines) is 1. The Morgan fingerprint density at radius 1 is 1.16 bits per heavy atom. The van der Waals surface area contributed by atoms with E-state index in [0.717, 1.165) is 6.42 Å². The summed E-state index contributed by atoms with van der Waals surface area (Å²) in [5, 5.41) is 24.0. The Morgan fingerprint density at radius 2 is 1.84 bits per heavy atom. The van der Waals surface area contributed by atoms with Crippen LogP contribution < -0.4 is 22.1 Å². The first-order valence-corrected chi connectivity index (χ1v) is 10.9. The minimum absolute atomic E-state index is 0.278. The molecule has 8 N–H and O–H groups in total. The molecule has 0 aromatic rings. The normalized spacial score (nSPS) is 19.9. The van der Waals surface area contributed by atoms with Gasteiger partial charge < -0.3 is 37.2 Å². The molecular formula is C20H37N5O6. The highest BCUT2D eigenvalue weighted by molar-refractivity contribution is 5.94. The van der Waals surface area contributed by atoms with Crippen molar-refractivity contribution in [3.8, 4) is 0 Å². The van der Waals surface area contributed by atoms with E-state index in [1.54, 1.807) is 6.92 Å². The zero-order valence-electron chi connectivity index (χ0n) is 18.4. The van der Waals surface area contributed by atoms with Gasteiger partial charge in [0, 0.05) is 6.54 Å². The van der Waals surface area contributed by atoms with E-state index in [1.165, 1.54) is 4.90 Å². The lowest BCUT2D eigenvalue weighted by atomic mass is 9.97. The van der Waals surface area contributed by atoms with E-state index in [-0.39, 0.29) is 5.92 Å². The Balaban J connectivity index is 2.83. The lowest BCUT2D eigenvalue weighted by Gasteiger charge is -2.31. The predicted octanol–water partition coefficient (Wildman–Crippen LogP) is -1.47. The van der Waals surface area contributed by atoms with Crippen LogP contribution in [0.25, 0.3) is 0 Å². The molecule has 178 valence electrons. The maximum absolute atomic E-state index is 13.1. The Labute approximate surface area is 182 Å². The van der Waals surface area contributed by atoms with Crippen molar-refractivity contribution in [2.24, 2.45) is 17.4 Å². The second kappa shape index (κ2) is 13.2. The molecule has 0 radical (unpaired) electrons. The monoisotopic (exact) mass is 443 g/mol. The molecule has 11 nitrogen and oxygen atoms in total. The van der Waals surface area contributed by atoms with E-state index < -0.39 is 54.5 Å². The average Bonchev–Trinajstić information content (AvgIpc) is 3.24. The van der Waals surface area contributed by atoms with Crippen LogP contribution in [-0.2, 0) is 19.2 Å². The number of carbonyl (C=O) groups excluding carboxylic acids is 3. The van der Waals surface area contributed by atoms with Crippen LogP contribution in [0.4, 0.5) is 0 Å². The molecule has 1 heterocycles. The van der Waals surface area contributed by atoms with Crippen molar-refractivity contribution in [3.63, 3.8) is 0 Å². The molecule has 0 aromatic heterocycles. The zero-order valence-corrected chi connectivity index (χ0v) is 18.4. The van der Waals surface area contributed by atoms with Crippen LogP contribution in [0.15, 0.2) is 0 Å². The van der Waals surface area contributed by atoms with Crippen molar-refractivity contribution < 1.29 is 29.4 Å². The summed E-state index contributed by atoms with van der Waals surface area (Å²) in [5.41, 5.74) is 11.2. The number of hydrogen-bond donors (Lipinski definition) is 6. The van der Waals surface area contributed by atoms with Gasteiger partial charge in [0.05, 0.1) is 12.6 Å². The number of nitrogens with one attached hydrogen (secondary N) is 2. The third kappa shape index (κ3) is 7.75. The van der Waals surface area contributed by atoms with Gasteiger partial charge in [-0.25, -0.2) is 4.79 Å². The number of nitrogens with two attached hydrogens (primary N) is 2. The van der Waals surface area contributed by atoms with Gasteiger partial charge in [0.1, 0.15) is 18.1 Å². The highest BCUT2D eigenvalue weighted by Gasteiger charge is 2.39. The third-order valence-electron chi connectivity index (χ3n) is 5.72. The molecule has 1 aliphatic heterocycles. The minimum atomic E-state index is -1.28. The van der Waals surface area contributed by atoms with E-state index in [4.69, 9.17) is 11.5 Å². The topological polar surface area (TPSA) is 188 Å². The van der Waals surface area contributed by atoms with Crippen molar-refractivity contribution in [1.82, 2.24) is 15.5 Å². The highest BCUT2D eigenvalue weighted by atomic mass is 16.4. The first kappa shape index (κ1) is 26.8. The number of nitrogens with zero attached hydrogens (tertiary/aromatic N) is 1. The molecule has 0 saturated carbocycles.